The Morgan fingerprint density at radius 1 is 1.26 bits per heavy atom. The molecule has 1 aromatic carbocycles. The predicted molar refractivity (Wildman–Crippen MR) is 74.8 cm³/mol. The third-order valence-corrected chi connectivity index (χ3v) is 3.11. The largest absolute Gasteiger partial charge is 0.469 e. The highest BCUT2D eigenvalue weighted by Crippen LogP contribution is 2.14. The number of rotatable bonds is 7. The zero-order chi connectivity index (χ0) is 14.1. The summed E-state index contributed by atoms with van der Waals surface area (Å²) in [6.07, 6.45) is 0.595. The molecule has 0 N–H and O–H groups in total. The molecule has 0 unspecified atom stereocenters. The molecule has 0 aliphatic heterocycles. The van der Waals surface area contributed by atoms with Crippen molar-refractivity contribution in [3.05, 3.63) is 35.9 Å². The van der Waals surface area contributed by atoms with Gasteiger partial charge in [-0.25, -0.2) is 0 Å². The van der Waals surface area contributed by atoms with Crippen LogP contribution in [0.15, 0.2) is 30.3 Å². The monoisotopic (exact) mass is 328 g/mol. The molecule has 0 aliphatic rings. The Hall–Kier alpha value is -1.36. The number of halogens is 1. The maximum Gasteiger partial charge on any atom is 0.309 e. The number of hydrogen-bond acceptors (Lipinski definition) is 4. The first kappa shape index (κ1) is 15.7. The molecule has 19 heavy (non-hydrogen) atoms. The second-order valence-corrected chi connectivity index (χ2v) is 4.84. The summed E-state index contributed by atoms with van der Waals surface area (Å²) in [5.74, 6) is -1.22. The van der Waals surface area contributed by atoms with Crippen LogP contribution < -0.4 is 0 Å². The van der Waals surface area contributed by atoms with Crippen molar-refractivity contribution in [3.8, 4) is 0 Å². The molecule has 0 radical (unpaired) electrons. The fourth-order valence-corrected chi connectivity index (χ4v) is 2.15. The van der Waals surface area contributed by atoms with Crippen molar-refractivity contribution < 1.29 is 19.1 Å². The van der Waals surface area contributed by atoms with Gasteiger partial charge in [0, 0.05) is 5.33 Å². The molecule has 0 bridgehead atoms. The topological polar surface area (TPSA) is 52.6 Å². The van der Waals surface area contributed by atoms with Crippen LogP contribution in [0.25, 0.3) is 0 Å². The zero-order valence-corrected chi connectivity index (χ0v) is 12.4. The van der Waals surface area contributed by atoms with Crippen LogP contribution in [0.1, 0.15) is 18.4 Å². The van der Waals surface area contributed by atoms with Gasteiger partial charge in [0.15, 0.2) is 0 Å². The van der Waals surface area contributed by atoms with E-state index in [0.29, 0.717) is 11.8 Å². The van der Waals surface area contributed by atoms with Crippen LogP contribution in [-0.2, 0) is 25.7 Å². The first-order valence-electron chi connectivity index (χ1n) is 6.00. The van der Waals surface area contributed by atoms with Gasteiger partial charge in [0.05, 0.1) is 19.4 Å². The Balaban J connectivity index is 2.42. The molecule has 0 saturated carbocycles. The van der Waals surface area contributed by atoms with Gasteiger partial charge in [0.2, 0.25) is 0 Å². The normalized spacial score (nSPS) is 11.7. The van der Waals surface area contributed by atoms with E-state index < -0.39 is 5.92 Å². The Bertz CT molecular complexity index is 405. The molecular weight excluding hydrogens is 312 g/mol. The van der Waals surface area contributed by atoms with Crippen molar-refractivity contribution in [1.82, 2.24) is 0 Å². The van der Waals surface area contributed by atoms with E-state index in [2.05, 4.69) is 20.7 Å². The zero-order valence-electron chi connectivity index (χ0n) is 10.8. The number of ether oxygens (including phenoxy) is 2. The number of carbonyl (C=O) groups excluding carboxylic acids is 2. The second-order valence-electron chi connectivity index (χ2n) is 4.05. The summed E-state index contributed by atoms with van der Waals surface area (Å²) in [6.45, 7) is 0.224. The van der Waals surface area contributed by atoms with Gasteiger partial charge in [-0.05, 0) is 12.0 Å². The minimum atomic E-state index is -0.451. The molecule has 1 rings (SSSR count). The van der Waals surface area contributed by atoms with E-state index in [9.17, 15) is 9.59 Å². The first-order valence-corrected chi connectivity index (χ1v) is 7.13. The van der Waals surface area contributed by atoms with Gasteiger partial charge in [-0.15, -0.1) is 0 Å². The standard InChI is InChI=1S/C14H17BrO4/c1-18-14(17)12(7-8-15)9-13(16)19-10-11-5-3-2-4-6-11/h2-6,12H,7-10H2,1H3/t12-/m0/s1. The number of methoxy groups -OCH3 is 1. The molecular formula is C14H17BrO4. The number of esters is 2. The lowest BCUT2D eigenvalue weighted by atomic mass is 10.0. The molecule has 1 atom stereocenters. The molecule has 5 heteroatoms. The van der Waals surface area contributed by atoms with Crippen molar-refractivity contribution >= 4 is 27.9 Å². The average Bonchev–Trinajstić information content (AvgIpc) is 2.45. The van der Waals surface area contributed by atoms with Gasteiger partial charge in [-0.3, -0.25) is 9.59 Å². The number of carbonyl (C=O) groups is 2. The highest BCUT2D eigenvalue weighted by molar-refractivity contribution is 9.09. The van der Waals surface area contributed by atoms with E-state index >= 15 is 0 Å². The maximum absolute atomic E-state index is 11.7. The van der Waals surface area contributed by atoms with Crippen LogP contribution in [-0.4, -0.2) is 24.4 Å². The minimum Gasteiger partial charge on any atom is -0.469 e. The fourth-order valence-electron chi connectivity index (χ4n) is 1.60. The van der Waals surface area contributed by atoms with Crippen LogP contribution in [0.4, 0.5) is 0 Å². The molecule has 0 heterocycles. The summed E-state index contributed by atoms with van der Waals surface area (Å²) in [5, 5.41) is 0.638. The molecule has 0 spiro atoms. The van der Waals surface area contributed by atoms with E-state index in [1.165, 1.54) is 7.11 Å². The highest BCUT2D eigenvalue weighted by Gasteiger charge is 2.22. The summed E-state index contributed by atoms with van der Waals surface area (Å²) < 4.78 is 9.80. The van der Waals surface area contributed by atoms with Crippen molar-refractivity contribution in [2.24, 2.45) is 5.92 Å². The molecule has 0 amide bonds. The van der Waals surface area contributed by atoms with Crippen LogP contribution in [0.3, 0.4) is 0 Å². The highest BCUT2D eigenvalue weighted by atomic mass is 79.9. The van der Waals surface area contributed by atoms with Crippen LogP contribution in [0, 0.1) is 5.92 Å². The summed E-state index contributed by atoms with van der Waals surface area (Å²) >= 11 is 3.25. The van der Waals surface area contributed by atoms with E-state index in [1.54, 1.807) is 0 Å². The van der Waals surface area contributed by atoms with Crippen LogP contribution in [0.2, 0.25) is 0 Å². The smallest absolute Gasteiger partial charge is 0.309 e. The molecule has 0 fully saturated rings. The van der Waals surface area contributed by atoms with E-state index in [1.807, 2.05) is 30.3 Å². The first-order chi connectivity index (χ1) is 9.17. The van der Waals surface area contributed by atoms with Crippen molar-refractivity contribution in [2.45, 2.75) is 19.4 Å². The quantitative estimate of drug-likeness (QED) is 0.570. The molecule has 104 valence electrons. The minimum absolute atomic E-state index is 0.0467. The Morgan fingerprint density at radius 2 is 1.95 bits per heavy atom. The van der Waals surface area contributed by atoms with Crippen LogP contribution >= 0.6 is 15.9 Å². The van der Waals surface area contributed by atoms with Gasteiger partial charge < -0.3 is 9.47 Å². The number of alkyl halides is 1. The van der Waals surface area contributed by atoms with Crippen molar-refractivity contribution in [1.29, 1.82) is 0 Å². The molecule has 4 nitrogen and oxygen atoms in total. The molecule has 0 aliphatic carbocycles. The Kier molecular flexibility index (Phi) is 7.18. The molecule has 1 aromatic rings. The lowest BCUT2D eigenvalue weighted by Gasteiger charge is -2.12. The Morgan fingerprint density at radius 3 is 2.53 bits per heavy atom. The third-order valence-electron chi connectivity index (χ3n) is 2.65. The molecule has 0 saturated heterocycles. The van der Waals surface area contributed by atoms with Gasteiger partial charge in [-0.2, -0.15) is 0 Å². The lowest BCUT2D eigenvalue weighted by molar-refractivity contribution is -0.154. The number of benzene rings is 1. The van der Waals surface area contributed by atoms with Gasteiger partial charge in [0.1, 0.15) is 6.61 Å². The SMILES string of the molecule is COC(=O)[C@@H](CCBr)CC(=O)OCc1ccccc1. The van der Waals surface area contributed by atoms with Gasteiger partial charge in [-0.1, -0.05) is 46.3 Å². The number of hydrogen-bond donors (Lipinski definition) is 0. The van der Waals surface area contributed by atoms with E-state index in [0.717, 1.165) is 5.56 Å². The average molecular weight is 329 g/mol. The molecule has 0 aromatic heterocycles. The van der Waals surface area contributed by atoms with Crippen molar-refractivity contribution in [3.63, 3.8) is 0 Å². The van der Waals surface area contributed by atoms with E-state index in [4.69, 9.17) is 4.74 Å². The summed E-state index contributed by atoms with van der Waals surface area (Å²) in [5.41, 5.74) is 0.922. The second kappa shape index (κ2) is 8.69. The third kappa shape index (κ3) is 5.87. The van der Waals surface area contributed by atoms with Gasteiger partial charge >= 0.3 is 11.9 Å². The summed E-state index contributed by atoms with van der Waals surface area (Å²) in [7, 11) is 1.32. The fraction of sp³-hybridized carbons (Fsp3) is 0.429. The van der Waals surface area contributed by atoms with Crippen molar-refractivity contribution in [2.75, 3.05) is 12.4 Å². The van der Waals surface area contributed by atoms with Gasteiger partial charge in [0.25, 0.3) is 0 Å². The van der Waals surface area contributed by atoms with Crippen LogP contribution in [0.5, 0.6) is 0 Å². The predicted octanol–water partition coefficient (Wildman–Crippen LogP) is 2.69. The lowest BCUT2D eigenvalue weighted by Crippen LogP contribution is -2.21. The summed E-state index contributed by atoms with van der Waals surface area (Å²) in [4.78, 5) is 23.1. The van der Waals surface area contributed by atoms with E-state index in [-0.39, 0.29) is 25.0 Å². The maximum atomic E-state index is 11.7. The Labute approximate surface area is 121 Å². The summed E-state index contributed by atoms with van der Waals surface area (Å²) in [6, 6.07) is 9.41.